The molecule has 0 rings (SSSR count). The van der Waals surface area contributed by atoms with E-state index in [2.05, 4.69) is 0 Å². The topological polar surface area (TPSA) is 63.7 Å². The van der Waals surface area contributed by atoms with Gasteiger partial charge in [0.15, 0.2) is 0 Å². The average molecular weight is 229 g/mol. The lowest BCUT2D eigenvalue weighted by Crippen LogP contribution is -2.35. The van der Waals surface area contributed by atoms with Crippen molar-refractivity contribution in [3.8, 4) is 0 Å². The number of hydrogen-bond acceptors (Lipinski definition) is 4. The molecule has 0 aromatic heterocycles. The summed E-state index contributed by atoms with van der Waals surface area (Å²) in [5.41, 5.74) is 0. The summed E-state index contributed by atoms with van der Waals surface area (Å²) < 4.78 is 4.75. The Kier molecular flexibility index (Phi) is 7.16. The maximum atomic E-state index is 11.2. The predicted molar refractivity (Wildman–Crippen MR) is 58.8 cm³/mol. The molecule has 0 N–H and O–H groups in total. The highest BCUT2D eigenvalue weighted by molar-refractivity contribution is 5.80. The number of rotatable bonds is 7. The first-order valence-corrected chi connectivity index (χ1v) is 5.38. The molecule has 0 saturated heterocycles. The number of carbonyl (C=O) groups excluding carboxylic acids is 3. The molecule has 5 heteroatoms. The van der Waals surface area contributed by atoms with Gasteiger partial charge in [0, 0.05) is 19.9 Å². The summed E-state index contributed by atoms with van der Waals surface area (Å²) >= 11 is 0. The molecule has 0 heterocycles. The van der Waals surface area contributed by atoms with Crippen molar-refractivity contribution in [2.24, 2.45) is 0 Å². The van der Waals surface area contributed by atoms with E-state index >= 15 is 0 Å². The van der Waals surface area contributed by atoms with Gasteiger partial charge in [0.25, 0.3) is 0 Å². The van der Waals surface area contributed by atoms with Crippen molar-refractivity contribution in [1.82, 2.24) is 4.90 Å². The van der Waals surface area contributed by atoms with Gasteiger partial charge in [-0.05, 0) is 20.3 Å². The summed E-state index contributed by atoms with van der Waals surface area (Å²) in [6.45, 7) is 5.29. The van der Waals surface area contributed by atoms with Crippen LogP contribution in [0.2, 0.25) is 0 Å². The van der Waals surface area contributed by atoms with Crippen LogP contribution in [-0.4, -0.2) is 42.3 Å². The third-order valence-electron chi connectivity index (χ3n) is 2.03. The number of carbonyl (C=O) groups is 3. The number of nitrogens with zero attached hydrogens (tertiary/aromatic N) is 1. The summed E-state index contributed by atoms with van der Waals surface area (Å²) in [6, 6.07) is 0. The van der Waals surface area contributed by atoms with Crippen LogP contribution in [0.5, 0.6) is 0 Å². The quantitative estimate of drug-likeness (QED) is 0.605. The Labute approximate surface area is 95.7 Å². The van der Waals surface area contributed by atoms with Crippen molar-refractivity contribution < 1.29 is 19.1 Å². The van der Waals surface area contributed by atoms with Crippen LogP contribution in [0.3, 0.4) is 0 Å². The van der Waals surface area contributed by atoms with Crippen LogP contribution in [0.1, 0.15) is 33.6 Å². The molecule has 92 valence electrons. The Bertz CT molecular complexity index is 263. The SMILES string of the molecule is CCOC(=O)CN(CCCC(C)=O)C(C)=O. The van der Waals surface area contributed by atoms with E-state index in [1.54, 1.807) is 6.92 Å². The highest BCUT2D eigenvalue weighted by Crippen LogP contribution is 1.98. The average Bonchev–Trinajstić information content (AvgIpc) is 2.15. The van der Waals surface area contributed by atoms with Gasteiger partial charge < -0.3 is 14.4 Å². The first-order valence-electron chi connectivity index (χ1n) is 5.38. The Morgan fingerprint density at radius 1 is 1.19 bits per heavy atom. The van der Waals surface area contributed by atoms with Crippen molar-refractivity contribution in [3.63, 3.8) is 0 Å². The predicted octanol–water partition coefficient (Wildman–Crippen LogP) is 0.767. The minimum atomic E-state index is -0.416. The molecule has 0 aromatic rings. The highest BCUT2D eigenvalue weighted by atomic mass is 16.5. The number of ketones is 1. The number of esters is 1. The van der Waals surface area contributed by atoms with E-state index in [-0.39, 0.29) is 18.2 Å². The largest absolute Gasteiger partial charge is 0.465 e. The Morgan fingerprint density at radius 3 is 2.25 bits per heavy atom. The Hall–Kier alpha value is -1.39. The van der Waals surface area contributed by atoms with Crippen molar-refractivity contribution in [2.75, 3.05) is 19.7 Å². The first-order chi connectivity index (χ1) is 7.47. The van der Waals surface area contributed by atoms with Gasteiger partial charge in [0.05, 0.1) is 6.61 Å². The monoisotopic (exact) mass is 229 g/mol. The zero-order valence-corrected chi connectivity index (χ0v) is 10.1. The standard InChI is InChI=1S/C11H19NO4/c1-4-16-11(15)8-12(10(3)14)7-5-6-9(2)13/h4-8H2,1-3H3. The first kappa shape index (κ1) is 14.6. The maximum Gasteiger partial charge on any atom is 0.325 e. The second-order valence-corrected chi connectivity index (χ2v) is 3.55. The molecule has 1 amide bonds. The number of hydrogen-bond donors (Lipinski definition) is 0. The minimum Gasteiger partial charge on any atom is -0.465 e. The molecule has 0 aliphatic carbocycles. The van der Waals surface area contributed by atoms with Crippen LogP contribution in [-0.2, 0) is 19.1 Å². The highest BCUT2D eigenvalue weighted by Gasteiger charge is 2.13. The molecule has 0 aromatic carbocycles. The molecule has 0 aliphatic rings. The summed E-state index contributed by atoms with van der Waals surface area (Å²) in [5, 5.41) is 0. The number of ether oxygens (including phenoxy) is 1. The third-order valence-corrected chi connectivity index (χ3v) is 2.03. The molecule has 5 nitrogen and oxygen atoms in total. The number of Topliss-reactive ketones (excluding diaryl/α,β-unsaturated/α-hetero) is 1. The molecule has 0 radical (unpaired) electrons. The Morgan fingerprint density at radius 2 is 1.81 bits per heavy atom. The molecule has 0 spiro atoms. The summed E-state index contributed by atoms with van der Waals surface area (Å²) in [5.74, 6) is -0.517. The van der Waals surface area contributed by atoms with Gasteiger partial charge in [-0.25, -0.2) is 0 Å². The maximum absolute atomic E-state index is 11.2. The van der Waals surface area contributed by atoms with Crippen LogP contribution in [0, 0.1) is 0 Å². The van der Waals surface area contributed by atoms with E-state index in [0.717, 1.165) is 0 Å². The van der Waals surface area contributed by atoms with Gasteiger partial charge in [-0.2, -0.15) is 0 Å². The van der Waals surface area contributed by atoms with E-state index in [1.807, 2.05) is 0 Å². The van der Waals surface area contributed by atoms with Gasteiger partial charge in [-0.15, -0.1) is 0 Å². The fourth-order valence-electron chi connectivity index (χ4n) is 1.23. The summed E-state index contributed by atoms with van der Waals surface area (Å²) in [7, 11) is 0. The van der Waals surface area contributed by atoms with E-state index < -0.39 is 5.97 Å². The normalized spacial score (nSPS) is 9.69. The molecule has 0 unspecified atom stereocenters. The van der Waals surface area contributed by atoms with Crippen LogP contribution in [0.4, 0.5) is 0 Å². The van der Waals surface area contributed by atoms with Crippen LogP contribution >= 0.6 is 0 Å². The lowest BCUT2D eigenvalue weighted by Gasteiger charge is -2.19. The second-order valence-electron chi connectivity index (χ2n) is 3.55. The van der Waals surface area contributed by atoms with Crippen LogP contribution in [0.15, 0.2) is 0 Å². The van der Waals surface area contributed by atoms with Crippen molar-refractivity contribution >= 4 is 17.7 Å². The molecular weight excluding hydrogens is 210 g/mol. The van der Waals surface area contributed by atoms with Crippen molar-refractivity contribution in [1.29, 1.82) is 0 Å². The Balaban J connectivity index is 4.02. The van der Waals surface area contributed by atoms with E-state index in [4.69, 9.17) is 4.74 Å². The van der Waals surface area contributed by atoms with Gasteiger partial charge in [0.1, 0.15) is 12.3 Å². The molecule has 16 heavy (non-hydrogen) atoms. The molecule has 0 fully saturated rings. The van der Waals surface area contributed by atoms with Gasteiger partial charge in [-0.3, -0.25) is 9.59 Å². The molecule has 0 bridgehead atoms. The molecule has 0 saturated carbocycles. The smallest absolute Gasteiger partial charge is 0.325 e. The van der Waals surface area contributed by atoms with E-state index in [9.17, 15) is 14.4 Å². The van der Waals surface area contributed by atoms with Crippen LogP contribution < -0.4 is 0 Å². The van der Waals surface area contributed by atoms with Crippen molar-refractivity contribution in [2.45, 2.75) is 33.6 Å². The molecule has 0 atom stereocenters. The van der Waals surface area contributed by atoms with Gasteiger partial charge >= 0.3 is 5.97 Å². The number of amides is 1. The molecule has 0 aliphatic heterocycles. The molecular formula is C11H19NO4. The summed E-state index contributed by atoms with van der Waals surface area (Å²) in [4.78, 5) is 34.5. The van der Waals surface area contributed by atoms with Gasteiger partial charge in [-0.1, -0.05) is 0 Å². The zero-order chi connectivity index (χ0) is 12.6. The minimum absolute atomic E-state index is 0.0406. The zero-order valence-electron chi connectivity index (χ0n) is 10.1. The lowest BCUT2D eigenvalue weighted by atomic mass is 10.2. The summed E-state index contributed by atoms with van der Waals surface area (Å²) in [6.07, 6.45) is 1.00. The van der Waals surface area contributed by atoms with E-state index in [0.29, 0.717) is 26.0 Å². The fraction of sp³-hybridized carbons (Fsp3) is 0.727. The van der Waals surface area contributed by atoms with E-state index in [1.165, 1.54) is 18.7 Å². The fourth-order valence-corrected chi connectivity index (χ4v) is 1.23. The third kappa shape index (κ3) is 6.98. The lowest BCUT2D eigenvalue weighted by molar-refractivity contribution is -0.148. The second kappa shape index (κ2) is 7.84. The van der Waals surface area contributed by atoms with Gasteiger partial charge in [0.2, 0.25) is 5.91 Å². The van der Waals surface area contributed by atoms with Crippen LogP contribution in [0.25, 0.3) is 0 Å². The van der Waals surface area contributed by atoms with Crippen molar-refractivity contribution in [3.05, 3.63) is 0 Å².